The van der Waals surface area contributed by atoms with Gasteiger partial charge in [0.1, 0.15) is 0 Å². The van der Waals surface area contributed by atoms with Crippen LogP contribution in [0.3, 0.4) is 0 Å². The normalized spacial score (nSPS) is 19.6. The Kier molecular flexibility index (Phi) is 6.45. The van der Waals surface area contributed by atoms with Crippen molar-refractivity contribution in [3.8, 4) is 0 Å². The summed E-state index contributed by atoms with van der Waals surface area (Å²) in [5.74, 6) is -0.496. The van der Waals surface area contributed by atoms with Crippen LogP contribution >= 0.6 is 0 Å². The van der Waals surface area contributed by atoms with Crippen LogP contribution in [0.1, 0.15) is 47.0 Å². The fraction of sp³-hybridized carbons (Fsp3) is 0.867. The van der Waals surface area contributed by atoms with Crippen LogP contribution in [0.25, 0.3) is 0 Å². The molecule has 21 heavy (non-hydrogen) atoms. The molecule has 0 bridgehead atoms. The second-order valence-corrected chi connectivity index (χ2v) is 6.87. The molecule has 0 saturated carbocycles. The van der Waals surface area contributed by atoms with Crippen molar-refractivity contribution in [1.29, 1.82) is 0 Å². The molecule has 3 N–H and O–H groups in total. The molecule has 1 heterocycles. The van der Waals surface area contributed by atoms with Crippen molar-refractivity contribution in [2.24, 2.45) is 11.3 Å². The first-order valence-corrected chi connectivity index (χ1v) is 7.56. The first kappa shape index (κ1) is 17.8. The molecule has 122 valence electrons. The number of carboxylic acid groups (broad SMARTS) is 1. The van der Waals surface area contributed by atoms with Crippen molar-refractivity contribution in [3.05, 3.63) is 0 Å². The maximum atomic E-state index is 12.1. The number of hydrogen-bond acceptors (Lipinski definition) is 3. The number of amides is 2. The minimum atomic E-state index is -0.910. The molecule has 6 nitrogen and oxygen atoms in total. The Hall–Kier alpha value is -1.30. The van der Waals surface area contributed by atoms with Gasteiger partial charge in [0, 0.05) is 25.3 Å². The SMILES string of the molecule is CC(NC(=O)NC(CC(=O)O)C(C)(C)C)C1CCOCC1. The molecule has 2 unspecified atom stereocenters. The van der Waals surface area contributed by atoms with Crippen molar-refractivity contribution < 1.29 is 19.4 Å². The van der Waals surface area contributed by atoms with Gasteiger partial charge < -0.3 is 20.5 Å². The summed E-state index contributed by atoms with van der Waals surface area (Å²) in [6.07, 6.45) is 1.81. The standard InChI is InChI=1S/C15H28N2O4/c1-10(11-5-7-21-8-6-11)16-14(20)17-12(9-13(18)19)15(2,3)4/h10-12H,5-9H2,1-4H3,(H,18,19)(H2,16,17,20). The lowest BCUT2D eigenvalue weighted by Crippen LogP contribution is -2.52. The number of nitrogens with one attached hydrogen (secondary N) is 2. The van der Waals surface area contributed by atoms with Gasteiger partial charge in [-0.1, -0.05) is 20.8 Å². The Morgan fingerprint density at radius 2 is 1.81 bits per heavy atom. The van der Waals surface area contributed by atoms with Crippen LogP contribution in [0.15, 0.2) is 0 Å². The number of rotatable bonds is 5. The van der Waals surface area contributed by atoms with Gasteiger partial charge in [-0.15, -0.1) is 0 Å². The Bertz CT molecular complexity index is 359. The van der Waals surface area contributed by atoms with Gasteiger partial charge in [-0.25, -0.2) is 4.79 Å². The fourth-order valence-electron chi connectivity index (χ4n) is 2.49. The number of ether oxygens (including phenoxy) is 1. The molecule has 2 atom stereocenters. The third-order valence-corrected chi connectivity index (χ3v) is 4.06. The summed E-state index contributed by atoms with van der Waals surface area (Å²) in [5, 5.41) is 14.7. The lowest BCUT2D eigenvalue weighted by Gasteiger charge is -2.32. The third-order valence-electron chi connectivity index (χ3n) is 4.06. The second-order valence-electron chi connectivity index (χ2n) is 6.87. The fourth-order valence-corrected chi connectivity index (χ4v) is 2.49. The average Bonchev–Trinajstić information content (AvgIpc) is 2.37. The molecule has 0 aromatic carbocycles. The van der Waals surface area contributed by atoms with Crippen molar-refractivity contribution in [2.75, 3.05) is 13.2 Å². The Morgan fingerprint density at radius 1 is 1.24 bits per heavy atom. The van der Waals surface area contributed by atoms with Crippen molar-refractivity contribution >= 4 is 12.0 Å². The number of carbonyl (C=O) groups excluding carboxylic acids is 1. The maximum Gasteiger partial charge on any atom is 0.315 e. The van der Waals surface area contributed by atoms with Crippen LogP contribution in [-0.4, -0.2) is 42.4 Å². The first-order valence-electron chi connectivity index (χ1n) is 7.56. The molecule has 0 aromatic heterocycles. The van der Waals surface area contributed by atoms with E-state index < -0.39 is 12.0 Å². The highest BCUT2D eigenvalue weighted by molar-refractivity contribution is 5.76. The van der Waals surface area contributed by atoms with Gasteiger partial charge in [0.25, 0.3) is 0 Å². The zero-order valence-corrected chi connectivity index (χ0v) is 13.4. The lowest BCUT2D eigenvalue weighted by atomic mass is 9.85. The van der Waals surface area contributed by atoms with Gasteiger partial charge in [0.05, 0.1) is 6.42 Å². The topological polar surface area (TPSA) is 87.7 Å². The van der Waals surface area contributed by atoms with Gasteiger partial charge in [-0.2, -0.15) is 0 Å². The molecule has 2 amide bonds. The molecule has 1 aliphatic rings. The van der Waals surface area contributed by atoms with Crippen LogP contribution in [-0.2, 0) is 9.53 Å². The van der Waals surface area contributed by atoms with E-state index in [2.05, 4.69) is 10.6 Å². The smallest absolute Gasteiger partial charge is 0.315 e. The molecule has 0 aliphatic carbocycles. The van der Waals surface area contributed by atoms with E-state index in [4.69, 9.17) is 9.84 Å². The Balaban J connectivity index is 2.50. The summed E-state index contributed by atoms with van der Waals surface area (Å²) in [5.41, 5.74) is -0.308. The van der Waals surface area contributed by atoms with E-state index in [-0.39, 0.29) is 23.9 Å². The summed E-state index contributed by atoms with van der Waals surface area (Å²) >= 11 is 0. The van der Waals surface area contributed by atoms with Crippen LogP contribution in [0, 0.1) is 11.3 Å². The molecule has 1 rings (SSSR count). The van der Waals surface area contributed by atoms with Gasteiger partial charge in [-0.3, -0.25) is 4.79 Å². The monoisotopic (exact) mass is 300 g/mol. The zero-order chi connectivity index (χ0) is 16.0. The van der Waals surface area contributed by atoms with Crippen LogP contribution in [0.5, 0.6) is 0 Å². The summed E-state index contributed by atoms with van der Waals surface area (Å²) in [7, 11) is 0. The molecule has 1 fully saturated rings. The largest absolute Gasteiger partial charge is 0.481 e. The van der Waals surface area contributed by atoms with E-state index in [0.29, 0.717) is 5.92 Å². The van der Waals surface area contributed by atoms with Crippen molar-refractivity contribution in [2.45, 2.75) is 59.0 Å². The molecule has 1 aliphatic heterocycles. The minimum Gasteiger partial charge on any atom is -0.481 e. The van der Waals surface area contributed by atoms with E-state index in [1.807, 2.05) is 27.7 Å². The van der Waals surface area contributed by atoms with Gasteiger partial charge >= 0.3 is 12.0 Å². The van der Waals surface area contributed by atoms with E-state index in [1.54, 1.807) is 0 Å². The lowest BCUT2D eigenvalue weighted by molar-refractivity contribution is -0.138. The molecular formula is C15H28N2O4. The molecule has 1 saturated heterocycles. The second kappa shape index (κ2) is 7.64. The van der Waals surface area contributed by atoms with E-state index in [0.717, 1.165) is 26.1 Å². The minimum absolute atomic E-state index is 0.0550. The quantitative estimate of drug-likeness (QED) is 0.724. The number of hydrogen-bond donors (Lipinski definition) is 3. The highest BCUT2D eigenvalue weighted by atomic mass is 16.5. The van der Waals surface area contributed by atoms with Crippen molar-refractivity contribution in [1.82, 2.24) is 10.6 Å². The Labute approximate surface area is 126 Å². The molecule has 0 aromatic rings. The maximum absolute atomic E-state index is 12.1. The summed E-state index contributed by atoms with van der Waals surface area (Å²) < 4.78 is 5.31. The summed E-state index contributed by atoms with van der Waals surface area (Å²) in [6, 6.07) is -0.647. The third kappa shape index (κ3) is 6.33. The Morgan fingerprint density at radius 3 is 2.29 bits per heavy atom. The van der Waals surface area contributed by atoms with Gasteiger partial charge in [0.15, 0.2) is 0 Å². The predicted octanol–water partition coefficient (Wildman–Crippen LogP) is 1.99. The molecular weight excluding hydrogens is 272 g/mol. The predicted molar refractivity (Wildman–Crippen MR) is 80.2 cm³/mol. The van der Waals surface area contributed by atoms with E-state index in [1.165, 1.54) is 0 Å². The average molecular weight is 300 g/mol. The van der Waals surface area contributed by atoms with Gasteiger partial charge in [-0.05, 0) is 31.1 Å². The van der Waals surface area contributed by atoms with E-state index >= 15 is 0 Å². The number of carbonyl (C=O) groups is 2. The van der Waals surface area contributed by atoms with Crippen LogP contribution in [0.4, 0.5) is 4.79 Å². The molecule has 0 radical (unpaired) electrons. The number of urea groups is 1. The number of carboxylic acids is 1. The van der Waals surface area contributed by atoms with E-state index in [9.17, 15) is 9.59 Å². The highest BCUT2D eigenvalue weighted by Gasteiger charge is 2.29. The molecule has 6 heteroatoms. The van der Waals surface area contributed by atoms with Gasteiger partial charge in [0.2, 0.25) is 0 Å². The number of aliphatic carboxylic acids is 1. The van der Waals surface area contributed by atoms with Crippen molar-refractivity contribution in [3.63, 3.8) is 0 Å². The zero-order valence-electron chi connectivity index (χ0n) is 13.4. The highest BCUT2D eigenvalue weighted by Crippen LogP contribution is 2.22. The summed E-state index contributed by atoms with van der Waals surface area (Å²) in [6.45, 7) is 9.22. The molecule has 0 spiro atoms. The van der Waals surface area contributed by atoms with Crippen LogP contribution < -0.4 is 10.6 Å². The van der Waals surface area contributed by atoms with Crippen LogP contribution in [0.2, 0.25) is 0 Å². The first-order chi connectivity index (χ1) is 9.70. The summed E-state index contributed by atoms with van der Waals surface area (Å²) in [4.78, 5) is 23.0.